The van der Waals surface area contributed by atoms with Crippen molar-refractivity contribution in [2.45, 2.75) is 13.3 Å². The van der Waals surface area contributed by atoms with Gasteiger partial charge in [-0.05, 0) is 54.3 Å². The Balaban J connectivity index is 1.70. The van der Waals surface area contributed by atoms with Crippen molar-refractivity contribution in [1.82, 2.24) is 0 Å². The first-order chi connectivity index (χ1) is 15.5. The van der Waals surface area contributed by atoms with E-state index < -0.39 is 0 Å². The standard InChI is InChI=1S/C25H25N3O3S/c1-4-14-31-20-8-5-7-19(16-20)28-24(29)22(21-9-6-15-32-21)23(25(28)30)26-17-10-12-18(13-11-17)27(2)3/h5-13,15-16,26H,4,14H2,1-3H3. The quantitative estimate of drug-likeness (QED) is 0.493. The number of ether oxygens (including phenoxy) is 1. The van der Waals surface area contributed by atoms with Crippen LogP contribution in [0.5, 0.6) is 5.75 Å². The summed E-state index contributed by atoms with van der Waals surface area (Å²) < 4.78 is 5.70. The van der Waals surface area contributed by atoms with Gasteiger partial charge in [0.05, 0.1) is 17.9 Å². The lowest BCUT2D eigenvalue weighted by Gasteiger charge is -2.17. The number of rotatable bonds is 8. The van der Waals surface area contributed by atoms with Crippen LogP contribution in [0, 0.1) is 0 Å². The van der Waals surface area contributed by atoms with E-state index in [9.17, 15) is 9.59 Å². The maximum absolute atomic E-state index is 13.5. The number of anilines is 3. The van der Waals surface area contributed by atoms with Gasteiger partial charge >= 0.3 is 0 Å². The van der Waals surface area contributed by atoms with Crippen molar-refractivity contribution in [3.63, 3.8) is 0 Å². The topological polar surface area (TPSA) is 61.9 Å². The van der Waals surface area contributed by atoms with Crippen LogP contribution >= 0.6 is 11.3 Å². The van der Waals surface area contributed by atoms with E-state index in [0.29, 0.717) is 23.6 Å². The van der Waals surface area contributed by atoms with E-state index >= 15 is 0 Å². The van der Waals surface area contributed by atoms with Gasteiger partial charge in [0, 0.05) is 36.4 Å². The largest absolute Gasteiger partial charge is 0.494 e. The van der Waals surface area contributed by atoms with Crippen molar-refractivity contribution in [2.24, 2.45) is 0 Å². The molecule has 0 unspecified atom stereocenters. The molecule has 0 radical (unpaired) electrons. The van der Waals surface area contributed by atoms with Crippen molar-refractivity contribution < 1.29 is 14.3 Å². The summed E-state index contributed by atoms with van der Waals surface area (Å²) in [7, 11) is 3.94. The van der Waals surface area contributed by atoms with Crippen LogP contribution in [-0.4, -0.2) is 32.5 Å². The number of carbonyl (C=O) groups excluding carboxylic acids is 2. The van der Waals surface area contributed by atoms with E-state index in [-0.39, 0.29) is 17.5 Å². The molecule has 2 amide bonds. The summed E-state index contributed by atoms with van der Waals surface area (Å²) in [4.78, 5) is 30.9. The molecule has 1 aliphatic rings. The third kappa shape index (κ3) is 4.24. The Morgan fingerprint density at radius 1 is 1.00 bits per heavy atom. The maximum atomic E-state index is 13.5. The Morgan fingerprint density at radius 3 is 2.44 bits per heavy atom. The molecule has 0 bridgehead atoms. The molecule has 1 aromatic heterocycles. The van der Waals surface area contributed by atoms with Crippen molar-refractivity contribution in [3.05, 3.63) is 76.6 Å². The Hall–Kier alpha value is -3.58. The van der Waals surface area contributed by atoms with Gasteiger partial charge in [-0.15, -0.1) is 11.3 Å². The normalized spacial score (nSPS) is 13.7. The van der Waals surface area contributed by atoms with Crippen molar-refractivity contribution in [2.75, 3.05) is 35.8 Å². The zero-order chi connectivity index (χ0) is 22.7. The lowest BCUT2D eigenvalue weighted by atomic mass is 10.1. The molecule has 0 spiro atoms. The fourth-order valence-electron chi connectivity index (χ4n) is 3.45. The van der Waals surface area contributed by atoms with E-state index in [4.69, 9.17) is 4.74 Å². The molecule has 0 saturated heterocycles. The summed E-state index contributed by atoms with van der Waals surface area (Å²) in [5, 5.41) is 5.09. The highest BCUT2D eigenvalue weighted by Crippen LogP contribution is 2.36. The zero-order valence-electron chi connectivity index (χ0n) is 18.3. The third-order valence-corrected chi connectivity index (χ3v) is 5.94. The number of hydrogen-bond donors (Lipinski definition) is 1. The highest BCUT2D eigenvalue weighted by molar-refractivity contribution is 7.11. The number of benzene rings is 2. The minimum atomic E-state index is -0.386. The van der Waals surface area contributed by atoms with Gasteiger partial charge < -0.3 is 15.0 Å². The molecule has 3 aromatic rings. The van der Waals surface area contributed by atoms with Gasteiger partial charge in [-0.2, -0.15) is 0 Å². The van der Waals surface area contributed by atoms with E-state index in [1.165, 1.54) is 16.2 Å². The molecule has 1 N–H and O–H groups in total. The molecule has 0 atom stereocenters. The van der Waals surface area contributed by atoms with Crippen LogP contribution in [0.25, 0.3) is 5.57 Å². The first-order valence-corrected chi connectivity index (χ1v) is 11.3. The minimum absolute atomic E-state index is 0.273. The predicted octanol–water partition coefficient (Wildman–Crippen LogP) is 5.00. The molecule has 32 heavy (non-hydrogen) atoms. The van der Waals surface area contributed by atoms with Gasteiger partial charge in [0.2, 0.25) is 0 Å². The number of carbonyl (C=O) groups is 2. The molecule has 4 rings (SSSR count). The molecule has 0 fully saturated rings. The van der Waals surface area contributed by atoms with Gasteiger partial charge in [0.1, 0.15) is 11.4 Å². The molecule has 164 valence electrons. The number of thiophene rings is 1. The maximum Gasteiger partial charge on any atom is 0.282 e. The fourth-order valence-corrected chi connectivity index (χ4v) is 4.22. The van der Waals surface area contributed by atoms with Crippen LogP contribution < -0.4 is 19.9 Å². The first-order valence-electron chi connectivity index (χ1n) is 10.4. The molecular formula is C25H25N3O3S. The molecule has 0 saturated carbocycles. The lowest BCUT2D eigenvalue weighted by Crippen LogP contribution is -2.32. The molecule has 0 aliphatic carbocycles. The summed E-state index contributed by atoms with van der Waals surface area (Å²) in [6, 6.07) is 18.5. The number of imide groups is 1. The number of nitrogens with one attached hydrogen (secondary N) is 1. The van der Waals surface area contributed by atoms with Gasteiger partial charge in [-0.25, -0.2) is 4.90 Å². The van der Waals surface area contributed by atoms with Gasteiger partial charge in [0.25, 0.3) is 11.8 Å². The first kappa shape index (κ1) is 21.6. The van der Waals surface area contributed by atoms with E-state index in [1.54, 1.807) is 18.2 Å². The average molecular weight is 448 g/mol. The summed E-state index contributed by atoms with van der Waals surface area (Å²) in [6.07, 6.45) is 0.872. The van der Waals surface area contributed by atoms with Crippen LogP contribution in [0.1, 0.15) is 18.2 Å². The number of nitrogens with zero attached hydrogens (tertiary/aromatic N) is 2. The summed E-state index contributed by atoms with van der Waals surface area (Å²) in [6.45, 7) is 2.59. The van der Waals surface area contributed by atoms with Crippen LogP contribution in [-0.2, 0) is 9.59 Å². The fraction of sp³-hybridized carbons (Fsp3) is 0.200. The second-order valence-electron chi connectivity index (χ2n) is 7.59. The Bertz CT molecular complexity index is 1150. The number of hydrogen-bond acceptors (Lipinski definition) is 6. The Kier molecular flexibility index (Phi) is 6.28. The minimum Gasteiger partial charge on any atom is -0.494 e. The zero-order valence-corrected chi connectivity index (χ0v) is 19.1. The summed E-state index contributed by atoms with van der Waals surface area (Å²) >= 11 is 1.43. The van der Waals surface area contributed by atoms with Gasteiger partial charge in [-0.1, -0.05) is 19.1 Å². The van der Waals surface area contributed by atoms with Crippen LogP contribution in [0.2, 0.25) is 0 Å². The van der Waals surface area contributed by atoms with E-state index in [2.05, 4.69) is 5.32 Å². The molecule has 7 heteroatoms. The Labute approximate surface area is 191 Å². The average Bonchev–Trinajstić information content (AvgIpc) is 3.39. The predicted molar refractivity (Wildman–Crippen MR) is 130 cm³/mol. The van der Waals surface area contributed by atoms with Crippen LogP contribution in [0.4, 0.5) is 17.1 Å². The highest BCUT2D eigenvalue weighted by atomic mass is 32.1. The molecule has 2 heterocycles. The van der Waals surface area contributed by atoms with E-state index in [1.807, 2.05) is 73.8 Å². The smallest absolute Gasteiger partial charge is 0.282 e. The summed E-state index contributed by atoms with van der Waals surface area (Å²) in [5.74, 6) is -0.108. The van der Waals surface area contributed by atoms with Crippen LogP contribution in [0.3, 0.4) is 0 Å². The molecular weight excluding hydrogens is 422 g/mol. The Morgan fingerprint density at radius 2 is 1.78 bits per heavy atom. The number of amides is 2. The monoisotopic (exact) mass is 447 g/mol. The second kappa shape index (κ2) is 9.28. The van der Waals surface area contributed by atoms with Crippen molar-refractivity contribution in [1.29, 1.82) is 0 Å². The molecule has 1 aliphatic heterocycles. The van der Waals surface area contributed by atoms with E-state index in [0.717, 1.165) is 22.7 Å². The third-order valence-electron chi connectivity index (χ3n) is 5.05. The summed E-state index contributed by atoms with van der Waals surface area (Å²) in [5.41, 5.74) is 2.92. The van der Waals surface area contributed by atoms with Gasteiger partial charge in [-0.3, -0.25) is 9.59 Å². The van der Waals surface area contributed by atoms with Gasteiger partial charge in [0.15, 0.2) is 0 Å². The highest BCUT2D eigenvalue weighted by Gasteiger charge is 2.40. The van der Waals surface area contributed by atoms with Crippen molar-refractivity contribution >= 4 is 45.8 Å². The van der Waals surface area contributed by atoms with Crippen LogP contribution in [0.15, 0.2) is 71.7 Å². The second-order valence-corrected chi connectivity index (χ2v) is 8.53. The SMILES string of the molecule is CCCOc1cccc(N2C(=O)C(Nc3ccc(N(C)C)cc3)=C(c3cccs3)C2=O)c1. The van der Waals surface area contributed by atoms with Crippen molar-refractivity contribution in [3.8, 4) is 5.75 Å². The molecule has 2 aromatic carbocycles. The molecule has 6 nitrogen and oxygen atoms in total. The lowest BCUT2D eigenvalue weighted by molar-refractivity contribution is -0.120.